The predicted molar refractivity (Wildman–Crippen MR) is 87.8 cm³/mol. The van der Waals surface area contributed by atoms with Crippen LogP contribution in [0.4, 0.5) is 79.0 Å². The van der Waals surface area contributed by atoms with Gasteiger partial charge in [0, 0.05) is 39.3 Å². The summed E-state index contributed by atoms with van der Waals surface area (Å²) in [5.74, 6) is -48.9. The lowest BCUT2D eigenvalue weighted by atomic mass is 10.0. The van der Waals surface area contributed by atoms with Crippen LogP contribution in [0.2, 0.25) is 0 Å². The van der Waals surface area contributed by atoms with Crippen molar-refractivity contribution in [1.29, 1.82) is 0 Å². The van der Waals surface area contributed by atoms with E-state index in [2.05, 4.69) is 0 Å². The molecule has 23 heteroatoms. The minimum atomic E-state index is -7.35. The van der Waals surface area contributed by atoms with Crippen LogP contribution >= 0.6 is 0 Å². The zero-order valence-corrected chi connectivity index (χ0v) is 18.3. The van der Waals surface area contributed by atoms with E-state index in [1.807, 2.05) is 0 Å². The number of alkyl halides is 18. The average molecular weight is 621 g/mol. The van der Waals surface area contributed by atoms with Crippen molar-refractivity contribution in [1.82, 2.24) is 15.1 Å². The zero-order chi connectivity index (χ0) is 31.3. The van der Waals surface area contributed by atoms with Crippen molar-refractivity contribution in [2.45, 2.75) is 47.9 Å². The Bertz CT molecular complexity index is 902. The number of rotatable bonds is 9. The Labute approximate surface area is 204 Å². The molecule has 0 aromatic carbocycles. The lowest BCUT2D eigenvalue weighted by Crippen LogP contribution is -2.67. The standard InChI is InChI=1S/C16H13F18N3O2/c17-9(18,11(21,22)13(25,26)15(29,30)31)7(38)35-1-2-36-3-5-37(6-4-36)8(39)10(19,20)12(23,24)14(27,28)16(32,33)34/h1-6H2,(H,35,38). The Balaban J connectivity index is 2.79. The maximum Gasteiger partial charge on any atom is 0.460 e. The van der Waals surface area contributed by atoms with E-state index in [1.54, 1.807) is 0 Å². The molecule has 0 atom stereocenters. The van der Waals surface area contributed by atoms with E-state index in [0.29, 0.717) is 0 Å². The van der Waals surface area contributed by atoms with Crippen LogP contribution in [-0.4, -0.2) is 109 Å². The van der Waals surface area contributed by atoms with Crippen LogP contribution in [0.1, 0.15) is 0 Å². The predicted octanol–water partition coefficient (Wildman–Crippen LogP) is 4.18. The molecule has 1 rings (SSSR count). The summed E-state index contributed by atoms with van der Waals surface area (Å²) in [5.41, 5.74) is 0. The molecule has 0 aromatic rings. The second kappa shape index (κ2) is 10.2. The first kappa shape index (κ1) is 34.7. The zero-order valence-electron chi connectivity index (χ0n) is 18.3. The first-order valence-electron chi connectivity index (χ1n) is 9.72. The number of amides is 2. The molecule has 230 valence electrons. The van der Waals surface area contributed by atoms with Gasteiger partial charge in [-0.15, -0.1) is 0 Å². The van der Waals surface area contributed by atoms with Crippen LogP contribution < -0.4 is 5.32 Å². The van der Waals surface area contributed by atoms with Gasteiger partial charge in [0.1, 0.15) is 0 Å². The number of hydrogen-bond donors (Lipinski definition) is 1. The second-order valence-electron chi connectivity index (χ2n) is 7.83. The highest BCUT2D eigenvalue weighted by Gasteiger charge is 2.85. The van der Waals surface area contributed by atoms with E-state index in [-0.39, 0.29) is 4.90 Å². The molecule has 0 radical (unpaired) electrons. The van der Waals surface area contributed by atoms with Gasteiger partial charge in [0.05, 0.1) is 0 Å². The third kappa shape index (κ3) is 5.77. The van der Waals surface area contributed by atoms with Crippen LogP contribution in [-0.2, 0) is 9.59 Å². The molecule has 1 saturated heterocycles. The molecule has 1 aliphatic rings. The molecule has 2 amide bonds. The molecule has 0 unspecified atom stereocenters. The largest absolute Gasteiger partial charge is 0.460 e. The minimum absolute atomic E-state index is 0.274. The van der Waals surface area contributed by atoms with Gasteiger partial charge in [-0.3, -0.25) is 14.5 Å². The number of hydrogen-bond acceptors (Lipinski definition) is 3. The van der Waals surface area contributed by atoms with E-state index < -0.39 is 99.0 Å². The summed E-state index contributed by atoms with van der Waals surface area (Å²) in [5, 5.41) is 0.908. The first-order chi connectivity index (χ1) is 17.0. The van der Waals surface area contributed by atoms with Crippen LogP contribution in [0.25, 0.3) is 0 Å². The Kier molecular flexibility index (Phi) is 9.10. The number of halogens is 18. The highest BCUT2D eigenvalue weighted by Crippen LogP contribution is 2.54. The van der Waals surface area contributed by atoms with Gasteiger partial charge in [-0.25, -0.2) is 0 Å². The van der Waals surface area contributed by atoms with Gasteiger partial charge in [0.25, 0.3) is 11.8 Å². The molecule has 1 N–H and O–H groups in total. The van der Waals surface area contributed by atoms with Gasteiger partial charge in [0.15, 0.2) is 0 Å². The molecular weight excluding hydrogens is 608 g/mol. The Hall–Kier alpha value is -2.36. The molecule has 0 saturated carbocycles. The number of nitrogens with one attached hydrogen (secondary N) is 1. The van der Waals surface area contributed by atoms with E-state index in [0.717, 1.165) is 10.2 Å². The van der Waals surface area contributed by atoms with Gasteiger partial charge < -0.3 is 10.2 Å². The maximum atomic E-state index is 13.7. The summed E-state index contributed by atoms with van der Waals surface area (Å²) in [6.45, 7) is -5.69. The van der Waals surface area contributed by atoms with E-state index >= 15 is 0 Å². The van der Waals surface area contributed by atoms with Crippen molar-refractivity contribution < 1.29 is 88.6 Å². The van der Waals surface area contributed by atoms with Crippen molar-refractivity contribution in [3.8, 4) is 0 Å². The first-order valence-corrected chi connectivity index (χ1v) is 9.72. The molecular formula is C16H13F18N3O2. The number of carbonyl (C=O) groups is 2. The summed E-state index contributed by atoms with van der Waals surface area (Å²) in [7, 11) is 0. The fourth-order valence-corrected chi connectivity index (χ4v) is 2.84. The normalized spacial score (nSPS) is 17.8. The molecule has 0 aromatic heterocycles. The Morgan fingerprint density at radius 2 is 0.897 bits per heavy atom. The molecule has 0 bridgehead atoms. The summed E-state index contributed by atoms with van der Waals surface area (Å²) >= 11 is 0. The van der Waals surface area contributed by atoms with E-state index in [1.165, 1.54) is 0 Å². The average Bonchev–Trinajstić information content (AvgIpc) is 2.76. The molecule has 0 spiro atoms. The molecule has 1 heterocycles. The third-order valence-corrected chi connectivity index (χ3v) is 5.22. The summed E-state index contributed by atoms with van der Waals surface area (Å²) < 4.78 is 231. The molecule has 1 aliphatic heterocycles. The van der Waals surface area contributed by atoms with E-state index in [4.69, 9.17) is 0 Å². The quantitative estimate of drug-likeness (QED) is 0.394. The third-order valence-electron chi connectivity index (χ3n) is 5.22. The second-order valence-corrected chi connectivity index (χ2v) is 7.83. The van der Waals surface area contributed by atoms with Crippen molar-refractivity contribution in [2.75, 3.05) is 39.3 Å². The fourth-order valence-electron chi connectivity index (χ4n) is 2.84. The maximum absolute atomic E-state index is 13.7. The van der Waals surface area contributed by atoms with Crippen molar-refractivity contribution in [2.24, 2.45) is 0 Å². The SMILES string of the molecule is O=C(NCCN1CCN(C(=O)C(F)(F)C(F)(F)C(F)(F)C(F)(F)F)CC1)C(F)(F)C(F)(F)C(F)(F)C(F)(F)F. The number of carbonyl (C=O) groups excluding carboxylic acids is 2. The lowest BCUT2D eigenvalue weighted by Gasteiger charge is -2.39. The molecule has 39 heavy (non-hydrogen) atoms. The van der Waals surface area contributed by atoms with Crippen LogP contribution in [0.5, 0.6) is 0 Å². The van der Waals surface area contributed by atoms with Gasteiger partial charge >= 0.3 is 47.9 Å². The topological polar surface area (TPSA) is 52.7 Å². The van der Waals surface area contributed by atoms with Crippen LogP contribution in [0.3, 0.4) is 0 Å². The van der Waals surface area contributed by atoms with Gasteiger partial charge in [0.2, 0.25) is 0 Å². The molecule has 1 fully saturated rings. The van der Waals surface area contributed by atoms with Crippen molar-refractivity contribution >= 4 is 11.8 Å². The van der Waals surface area contributed by atoms with Crippen LogP contribution in [0.15, 0.2) is 0 Å². The van der Waals surface area contributed by atoms with Crippen molar-refractivity contribution in [3.05, 3.63) is 0 Å². The highest BCUT2D eigenvalue weighted by molar-refractivity contribution is 5.85. The van der Waals surface area contributed by atoms with Gasteiger partial charge in [-0.1, -0.05) is 0 Å². The molecule has 5 nitrogen and oxygen atoms in total. The van der Waals surface area contributed by atoms with E-state index in [9.17, 15) is 88.6 Å². The van der Waals surface area contributed by atoms with Gasteiger partial charge in [-0.05, 0) is 0 Å². The van der Waals surface area contributed by atoms with Gasteiger partial charge in [-0.2, -0.15) is 79.0 Å². The smallest absolute Gasteiger partial charge is 0.349 e. The molecule has 0 aliphatic carbocycles. The Morgan fingerprint density at radius 3 is 1.26 bits per heavy atom. The summed E-state index contributed by atoms with van der Waals surface area (Å²) in [6.07, 6.45) is -14.4. The number of nitrogens with zero attached hydrogens (tertiary/aromatic N) is 2. The van der Waals surface area contributed by atoms with Crippen LogP contribution in [0, 0.1) is 0 Å². The minimum Gasteiger partial charge on any atom is -0.349 e. The summed E-state index contributed by atoms with van der Waals surface area (Å²) in [4.78, 5) is 23.4. The number of piperazine rings is 1. The summed E-state index contributed by atoms with van der Waals surface area (Å²) in [6, 6.07) is 0. The van der Waals surface area contributed by atoms with Crippen molar-refractivity contribution in [3.63, 3.8) is 0 Å². The monoisotopic (exact) mass is 621 g/mol. The highest BCUT2D eigenvalue weighted by atomic mass is 19.4. The lowest BCUT2D eigenvalue weighted by molar-refractivity contribution is -0.389. The Morgan fingerprint density at radius 1 is 0.538 bits per heavy atom. The fraction of sp³-hybridized carbons (Fsp3) is 0.875.